The predicted octanol–water partition coefficient (Wildman–Crippen LogP) is 0.937. The predicted molar refractivity (Wildman–Crippen MR) is 29.0 cm³/mol. The molecule has 2 heteroatoms. The summed E-state index contributed by atoms with van der Waals surface area (Å²) in [7, 11) is 0. The molecular formula is C4H8OS. The molecule has 6 heavy (non-hydrogen) atoms. The summed E-state index contributed by atoms with van der Waals surface area (Å²) in [5.74, 6) is 0. The van der Waals surface area contributed by atoms with E-state index in [0.29, 0.717) is 0 Å². The molecule has 0 aliphatic rings. The van der Waals surface area contributed by atoms with E-state index in [9.17, 15) is 4.79 Å². The molecule has 1 atom stereocenters. The van der Waals surface area contributed by atoms with Crippen molar-refractivity contribution in [3.8, 4) is 0 Å². The van der Waals surface area contributed by atoms with E-state index in [4.69, 9.17) is 0 Å². The monoisotopic (exact) mass is 104 g/mol. The van der Waals surface area contributed by atoms with Crippen molar-refractivity contribution in [2.45, 2.75) is 12.2 Å². The molecule has 0 aromatic heterocycles. The number of rotatable bonds is 2. The molecule has 0 amide bonds. The van der Waals surface area contributed by atoms with E-state index in [2.05, 4.69) is 0 Å². The van der Waals surface area contributed by atoms with Gasteiger partial charge >= 0.3 is 0 Å². The second-order valence-electron chi connectivity index (χ2n) is 1.08. The third-order valence-corrected chi connectivity index (χ3v) is 1.42. The Labute approximate surface area is 42.1 Å². The summed E-state index contributed by atoms with van der Waals surface area (Å²) < 4.78 is 0. The fourth-order valence-corrected chi connectivity index (χ4v) is 0.167. The van der Waals surface area contributed by atoms with E-state index in [1.54, 1.807) is 11.8 Å². The first-order chi connectivity index (χ1) is 2.81. The van der Waals surface area contributed by atoms with Crippen LogP contribution in [0.15, 0.2) is 0 Å². The van der Waals surface area contributed by atoms with Gasteiger partial charge in [0.2, 0.25) is 0 Å². The molecule has 0 aliphatic heterocycles. The Balaban J connectivity index is 2.96. The van der Waals surface area contributed by atoms with Gasteiger partial charge in [-0.2, -0.15) is 11.8 Å². The van der Waals surface area contributed by atoms with Crippen LogP contribution in [0.1, 0.15) is 6.92 Å². The lowest BCUT2D eigenvalue weighted by Crippen LogP contribution is -1.92. The summed E-state index contributed by atoms with van der Waals surface area (Å²) in [6.07, 6.45) is 2.85. The smallest absolute Gasteiger partial charge is 0.132 e. The number of hydrogen-bond acceptors (Lipinski definition) is 2. The zero-order valence-corrected chi connectivity index (χ0v) is 4.79. The summed E-state index contributed by atoms with van der Waals surface area (Å²) in [5.41, 5.74) is 0. The van der Waals surface area contributed by atoms with Crippen LogP contribution >= 0.6 is 11.8 Å². The van der Waals surface area contributed by atoms with Gasteiger partial charge in [0.15, 0.2) is 0 Å². The summed E-state index contributed by atoms with van der Waals surface area (Å²) >= 11 is 1.56. The van der Waals surface area contributed by atoms with Crippen LogP contribution in [0.3, 0.4) is 0 Å². The first kappa shape index (κ1) is 6.02. The van der Waals surface area contributed by atoms with Gasteiger partial charge in [-0.1, -0.05) is 0 Å². The minimum atomic E-state index is 0.171. The second-order valence-corrected chi connectivity index (χ2v) is 2.29. The number of carbonyl (C=O) groups is 1. The van der Waals surface area contributed by atoms with Crippen molar-refractivity contribution in [1.29, 1.82) is 0 Å². The van der Waals surface area contributed by atoms with Crippen molar-refractivity contribution in [2.24, 2.45) is 0 Å². The molecule has 0 heterocycles. The Morgan fingerprint density at radius 1 is 1.83 bits per heavy atom. The van der Waals surface area contributed by atoms with Crippen LogP contribution in [0.4, 0.5) is 0 Å². The highest BCUT2D eigenvalue weighted by molar-refractivity contribution is 7.99. The highest BCUT2D eigenvalue weighted by atomic mass is 32.2. The van der Waals surface area contributed by atoms with Crippen LogP contribution < -0.4 is 0 Å². The molecule has 0 aliphatic carbocycles. The lowest BCUT2D eigenvalue weighted by Gasteiger charge is -1.89. The van der Waals surface area contributed by atoms with E-state index < -0.39 is 0 Å². The highest BCUT2D eigenvalue weighted by Gasteiger charge is 1.89. The van der Waals surface area contributed by atoms with Crippen molar-refractivity contribution >= 4 is 18.0 Å². The minimum Gasteiger partial charge on any atom is -0.302 e. The topological polar surface area (TPSA) is 17.1 Å². The maximum atomic E-state index is 9.72. The van der Waals surface area contributed by atoms with Gasteiger partial charge in [0, 0.05) is 0 Å². The number of aldehydes is 1. The summed E-state index contributed by atoms with van der Waals surface area (Å²) in [6, 6.07) is 0. The Morgan fingerprint density at radius 2 is 2.33 bits per heavy atom. The zero-order valence-electron chi connectivity index (χ0n) is 3.97. The molecule has 0 fully saturated rings. The van der Waals surface area contributed by atoms with Crippen LogP contribution in [0.5, 0.6) is 0 Å². The Kier molecular flexibility index (Phi) is 3.23. The van der Waals surface area contributed by atoms with Crippen LogP contribution in [-0.4, -0.2) is 17.8 Å². The number of hydrogen-bond donors (Lipinski definition) is 0. The lowest BCUT2D eigenvalue weighted by atomic mass is 10.5. The van der Waals surface area contributed by atoms with E-state index in [-0.39, 0.29) is 5.25 Å². The number of carbonyl (C=O) groups excluding carboxylic acids is 1. The lowest BCUT2D eigenvalue weighted by molar-refractivity contribution is -0.107. The van der Waals surface area contributed by atoms with Crippen LogP contribution in [0, 0.1) is 0 Å². The van der Waals surface area contributed by atoms with Crippen LogP contribution in [-0.2, 0) is 4.79 Å². The Morgan fingerprint density at radius 3 is 2.33 bits per heavy atom. The van der Waals surface area contributed by atoms with Crippen molar-refractivity contribution in [3.63, 3.8) is 0 Å². The largest absolute Gasteiger partial charge is 0.302 e. The minimum absolute atomic E-state index is 0.171. The molecule has 0 saturated heterocycles. The molecular weight excluding hydrogens is 96.1 g/mol. The first-order valence-corrected chi connectivity index (χ1v) is 3.08. The zero-order chi connectivity index (χ0) is 4.99. The van der Waals surface area contributed by atoms with Gasteiger partial charge < -0.3 is 4.79 Å². The van der Waals surface area contributed by atoms with Gasteiger partial charge in [-0.05, 0) is 13.2 Å². The molecule has 0 rings (SSSR count). The van der Waals surface area contributed by atoms with Gasteiger partial charge in [-0.3, -0.25) is 0 Å². The Hall–Kier alpha value is 0.0200. The molecule has 0 aromatic carbocycles. The molecule has 0 aromatic rings. The van der Waals surface area contributed by atoms with Gasteiger partial charge in [0.25, 0.3) is 0 Å². The fraction of sp³-hybridized carbons (Fsp3) is 0.750. The highest BCUT2D eigenvalue weighted by Crippen LogP contribution is 1.98. The van der Waals surface area contributed by atoms with Gasteiger partial charge in [-0.15, -0.1) is 0 Å². The van der Waals surface area contributed by atoms with Crippen molar-refractivity contribution in [3.05, 3.63) is 0 Å². The summed E-state index contributed by atoms with van der Waals surface area (Å²) in [5, 5.41) is 0.171. The maximum absolute atomic E-state index is 9.72. The Bertz CT molecular complexity index is 44.8. The first-order valence-electron chi connectivity index (χ1n) is 1.79. The van der Waals surface area contributed by atoms with Crippen molar-refractivity contribution in [1.82, 2.24) is 0 Å². The normalized spacial score (nSPS) is 13.7. The van der Waals surface area contributed by atoms with Gasteiger partial charge in [0.05, 0.1) is 5.25 Å². The molecule has 0 radical (unpaired) electrons. The maximum Gasteiger partial charge on any atom is 0.132 e. The van der Waals surface area contributed by atoms with E-state index >= 15 is 0 Å². The van der Waals surface area contributed by atoms with Crippen molar-refractivity contribution in [2.75, 3.05) is 6.26 Å². The second kappa shape index (κ2) is 3.22. The van der Waals surface area contributed by atoms with Crippen molar-refractivity contribution < 1.29 is 4.79 Å². The quantitative estimate of drug-likeness (QED) is 0.485. The molecule has 36 valence electrons. The molecule has 1 nitrogen and oxygen atoms in total. The van der Waals surface area contributed by atoms with E-state index in [1.807, 2.05) is 13.2 Å². The molecule has 0 unspecified atom stereocenters. The average Bonchev–Trinajstić information content (AvgIpc) is 1.65. The third-order valence-electron chi connectivity index (χ3n) is 0.563. The van der Waals surface area contributed by atoms with Crippen LogP contribution in [0.2, 0.25) is 0 Å². The van der Waals surface area contributed by atoms with Crippen LogP contribution in [0.25, 0.3) is 0 Å². The number of thioether (sulfide) groups is 1. The average molecular weight is 104 g/mol. The SMILES string of the molecule is CS[C@@H](C)C=O. The van der Waals surface area contributed by atoms with Gasteiger partial charge in [-0.25, -0.2) is 0 Å². The summed E-state index contributed by atoms with van der Waals surface area (Å²) in [6.45, 7) is 1.87. The van der Waals surface area contributed by atoms with Gasteiger partial charge in [0.1, 0.15) is 6.29 Å². The molecule has 0 spiro atoms. The van der Waals surface area contributed by atoms with E-state index in [1.165, 1.54) is 0 Å². The molecule has 0 bridgehead atoms. The van der Waals surface area contributed by atoms with E-state index in [0.717, 1.165) is 6.29 Å². The molecule has 0 N–H and O–H groups in total. The fourth-order valence-electron chi connectivity index (χ4n) is 0.0556. The third kappa shape index (κ3) is 2.27. The standard InChI is InChI=1S/C4H8OS/c1-4(3-5)6-2/h3-4H,1-2H3/t4-/m0/s1. The summed E-state index contributed by atoms with van der Waals surface area (Å²) in [4.78, 5) is 9.72. The molecule has 0 saturated carbocycles.